The van der Waals surface area contributed by atoms with Crippen molar-refractivity contribution < 1.29 is 18.5 Å². The molecule has 35 heavy (non-hydrogen) atoms. The fourth-order valence-electron chi connectivity index (χ4n) is 3.88. The lowest BCUT2D eigenvalue weighted by Crippen LogP contribution is -2.12. The number of rotatable bonds is 5. The topological polar surface area (TPSA) is 68.8 Å². The Labute approximate surface area is 201 Å². The summed E-state index contributed by atoms with van der Waals surface area (Å²) in [5.74, 6) is 7.99. The van der Waals surface area contributed by atoms with Crippen molar-refractivity contribution in [2.24, 2.45) is 0 Å². The molecule has 0 saturated carbocycles. The second-order valence-electron chi connectivity index (χ2n) is 7.88. The molecule has 2 heterocycles. The normalized spacial score (nSPS) is 11.0. The maximum atomic E-state index is 6.15. The number of hydrogen-bond donors (Lipinski definition) is 2. The Bertz CT molecular complexity index is 1700. The second-order valence-corrected chi connectivity index (χ2v) is 7.88. The highest BCUT2D eigenvalue weighted by atomic mass is 16.8. The van der Waals surface area contributed by atoms with Crippen molar-refractivity contribution in [3.05, 3.63) is 102 Å². The van der Waals surface area contributed by atoms with Crippen LogP contribution in [0, 0.1) is 11.8 Å². The van der Waals surface area contributed by atoms with Gasteiger partial charge in [0.15, 0.2) is 11.2 Å². The van der Waals surface area contributed by atoms with Crippen LogP contribution in [0.4, 0.5) is 5.69 Å². The molecule has 2 aromatic heterocycles. The zero-order valence-electron chi connectivity index (χ0n) is 18.8. The SMILES string of the molecule is CNONc1ccc2c(c1)oc1c3ccc(C#Cc4ccc(Oc5ccccc5)cc4)cc3oc21. The predicted molar refractivity (Wildman–Crippen MR) is 136 cm³/mol. The number of ether oxygens (including phenoxy) is 1. The highest BCUT2D eigenvalue weighted by Gasteiger charge is 2.16. The van der Waals surface area contributed by atoms with E-state index in [1.165, 1.54) is 0 Å². The lowest BCUT2D eigenvalue weighted by Gasteiger charge is -2.04. The third kappa shape index (κ3) is 4.18. The van der Waals surface area contributed by atoms with Gasteiger partial charge in [0.25, 0.3) is 0 Å². The fourth-order valence-corrected chi connectivity index (χ4v) is 3.88. The Morgan fingerprint density at radius 1 is 0.657 bits per heavy atom. The first-order chi connectivity index (χ1) is 17.3. The molecule has 0 aliphatic heterocycles. The van der Waals surface area contributed by atoms with Gasteiger partial charge in [-0.15, -0.1) is 0 Å². The summed E-state index contributed by atoms with van der Waals surface area (Å²) in [5, 5.41) is 1.81. The molecule has 0 fully saturated rings. The van der Waals surface area contributed by atoms with Crippen LogP contribution in [0.1, 0.15) is 11.1 Å². The lowest BCUT2D eigenvalue weighted by atomic mass is 10.1. The number of benzene rings is 4. The van der Waals surface area contributed by atoms with E-state index in [1.54, 1.807) is 7.05 Å². The monoisotopic (exact) mass is 460 g/mol. The number of para-hydroxylation sites is 1. The molecule has 6 aromatic rings. The van der Waals surface area contributed by atoms with Gasteiger partial charge in [0.05, 0.1) is 16.5 Å². The number of nitrogens with one attached hydrogen (secondary N) is 2. The molecule has 6 rings (SSSR count). The van der Waals surface area contributed by atoms with Crippen molar-refractivity contribution in [2.75, 3.05) is 12.5 Å². The van der Waals surface area contributed by atoms with Gasteiger partial charge in [-0.05, 0) is 66.7 Å². The van der Waals surface area contributed by atoms with E-state index in [0.29, 0.717) is 5.58 Å². The van der Waals surface area contributed by atoms with E-state index >= 15 is 0 Å². The Balaban J connectivity index is 1.25. The Kier molecular flexibility index (Phi) is 5.32. The molecule has 6 nitrogen and oxygen atoms in total. The first kappa shape index (κ1) is 20.9. The van der Waals surface area contributed by atoms with Crippen molar-refractivity contribution in [3.8, 4) is 23.3 Å². The number of hydroxylamine groups is 1. The van der Waals surface area contributed by atoms with Gasteiger partial charge in [0, 0.05) is 24.2 Å². The summed E-state index contributed by atoms with van der Waals surface area (Å²) in [6.07, 6.45) is 0. The molecule has 0 radical (unpaired) electrons. The molecular formula is C29H20N2O4. The Hall–Kier alpha value is -4.70. The molecule has 0 bridgehead atoms. The van der Waals surface area contributed by atoms with E-state index in [9.17, 15) is 0 Å². The van der Waals surface area contributed by atoms with Crippen LogP contribution in [-0.2, 0) is 4.94 Å². The van der Waals surface area contributed by atoms with Crippen LogP contribution in [0.3, 0.4) is 0 Å². The van der Waals surface area contributed by atoms with Crippen LogP contribution < -0.4 is 15.7 Å². The summed E-state index contributed by atoms with van der Waals surface area (Å²) < 4.78 is 18.1. The van der Waals surface area contributed by atoms with Gasteiger partial charge in [-0.3, -0.25) is 0 Å². The van der Waals surface area contributed by atoms with Crippen LogP contribution in [0.15, 0.2) is 99.8 Å². The smallest absolute Gasteiger partial charge is 0.181 e. The molecule has 0 atom stereocenters. The van der Waals surface area contributed by atoms with E-state index in [1.807, 2.05) is 91.0 Å². The third-order valence-corrected chi connectivity index (χ3v) is 5.54. The van der Waals surface area contributed by atoms with Gasteiger partial charge in [-0.1, -0.05) is 30.0 Å². The zero-order valence-corrected chi connectivity index (χ0v) is 18.8. The van der Waals surface area contributed by atoms with E-state index < -0.39 is 0 Å². The van der Waals surface area contributed by atoms with Crippen LogP contribution in [0.5, 0.6) is 11.5 Å². The molecule has 0 unspecified atom stereocenters. The minimum atomic E-state index is 0.717. The molecule has 0 saturated heterocycles. The highest BCUT2D eigenvalue weighted by Crippen LogP contribution is 2.37. The van der Waals surface area contributed by atoms with Crippen molar-refractivity contribution >= 4 is 38.8 Å². The number of hydrogen-bond acceptors (Lipinski definition) is 6. The molecule has 4 aromatic carbocycles. The molecule has 0 aliphatic carbocycles. The quantitative estimate of drug-likeness (QED) is 0.213. The van der Waals surface area contributed by atoms with Crippen molar-refractivity contribution in [1.29, 1.82) is 0 Å². The maximum absolute atomic E-state index is 6.15. The lowest BCUT2D eigenvalue weighted by molar-refractivity contribution is 0.109. The summed E-state index contributed by atoms with van der Waals surface area (Å²) >= 11 is 0. The van der Waals surface area contributed by atoms with E-state index in [-0.39, 0.29) is 0 Å². The van der Waals surface area contributed by atoms with Crippen LogP contribution in [0.2, 0.25) is 0 Å². The molecule has 170 valence electrons. The van der Waals surface area contributed by atoms with Crippen LogP contribution in [-0.4, -0.2) is 7.05 Å². The van der Waals surface area contributed by atoms with Gasteiger partial charge in [0.2, 0.25) is 0 Å². The van der Waals surface area contributed by atoms with Crippen molar-refractivity contribution in [1.82, 2.24) is 5.48 Å². The van der Waals surface area contributed by atoms with E-state index in [2.05, 4.69) is 22.8 Å². The Morgan fingerprint density at radius 3 is 2.03 bits per heavy atom. The van der Waals surface area contributed by atoms with Crippen molar-refractivity contribution in [3.63, 3.8) is 0 Å². The molecule has 0 spiro atoms. The standard InChI is InChI=1S/C29H20N2O4/c1-30-35-31-21-12-16-25-27(18-21)34-28-24-15-11-20(17-26(24)33-29(25)28)8-7-19-9-13-23(14-10-19)32-22-5-3-2-4-6-22/h2-6,9-18,30-31H,1H3. The summed E-state index contributed by atoms with van der Waals surface area (Å²) in [5.41, 5.74) is 10.8. The summed E-state index contributed by atoms with van der Waals surface area (Å²) in [4.78, 5) is 5.01. The first-order valence-electron chi connectivity index (χ1n) is 11.1. The summed E-state index contributed by atoms with van der Waals surface area (Å²) in [6.45, 7) is 0. The largest absolute Gasteiger partial charge is 0.457 e. The minimum absolute atomic E-state index is 0.717. The number of fused-ring (bicyclic) bond motifs is 5. The van der Waals surface area contributed by atoms with Gasteiger partial charge >= 0.3 is 0 Å². The summed E-state index contributed by atoms with van der Waals surface area (Å²) in [7, 11) is 1.67. The second kappa shape index (κ2) is 8.92. The molecule has 6 heteroatoms. The summed E-state index contributed by atoms with van der Waals surface area (Å²) in [6, 6.07) is 29.0. The average Bonchev–Trinajstić information content (AvgIpc) is 3.42. The average molecular weight is 460 g/mol. The van der Waals surface area contributed by atoms with E-state index in [0.717, 1.165) is 55.8 Å². The molecule has 2 N–H and O–H groups in total. The fraction of sp³-hybridized carbons (Fsp3) is 0.0345. The van der Waals surface area contributed by atoms with Gasteiger partial charge in [-0.25, -0.2) is 5.48 Å². The third-order valence-electron chi connectivity index (χ3n) is 5.54. The van der Waals surface area contributed by atoms with Crippen LogP contribution >= 0.6 is 0 Å². The number of furan rings is 2. The maximum Gasteiger partial charge on any atom is 0.181 e. The molecular weight excluding hydrogens is 440 g/mol. The molecule has 0 amide bonds. The number of anilines is 1. The Morgan fingerprint density at radius 2 is 1.29 bits per heavy atom. The van der Waals surface area contributed by atoms with Crippen LogP contribution in [0.25, 0.3) is 33.1 Å². The first-order valence-corrected chi connectivity index (χ1v) is 11.1. The molecule has 0 aliphatic rings. The van der Waals surface area contributed by atoms with E-state index in [4.69, 9.17) is 18.5 Å². The van der Waals surface area contributed by atoms with Gasteiger partial charge in [-0.2, -0.15) is 10.4 Å². The van der Waals surface area contributed by atoms with Crippen molar-refractivity contribution in [2.45, 2.75) is 0 Å². The zero-order chi connectivity index (χ0) is 23.6. The van der Waals surface area contributed by atoms with Gasteiger partial charge < -0.3 is 13.6 Å². The highest BCUT2D eigenvalue weighted by molar-refractivity contribution is 6.13. The van der Waals surface area contributed by atoms with Gasteiger partial charge in [0.1, 0.15) is 22.7 Å². The predicted octanol–water partition coefficient (Wildman–Crippen LogP) is 7.00. The minimum Gasteiger partial charge on any atom is -0.457 e.